The van der Waals surface area contributed by atoms with E-state index in [0.717, 1.165) is 5.56 Å². The van der Waals surface area contributed by atoms with Crippen LogP contribution in [0.3, 0.4) is 0 Å². The molecule has 0 aromatic heterocycles. The number of benzene rings is 1. The molecule has 1 aromatic rings. The standard InChI is InChI=1S/C12H16NO3P.C6H15O3P/c1-3-15-17(14,16-4-2)10-12-7-5-6-11(8-12)9-13;1-4-7-10(8-5-2)9-6-3/h5-8H,3-4,10H2,1-2H3;4-6H2,1-3H3. The lowest BCUT2D eigenvalue weighted by atomic mass is 10.2. The molecule has 0 N–H and O–H groups in total. The van der Waals surface area contributed by atoms with Crippen molar-refractivity contribution in [2.24, 2.45) is 0 Å². The second-order valence-electron chi connectivity index (χ2n) is 4.89. The molecule has 154 valence electrons. The first-order chi connectivity index (χ1) is 13.0. The fourth-order valence-electron chi connectivity index (χ4n) is 1.91. The van der Waals surface area contributed by atoms with Crippen LogP contribution < -0.4 is 0 Å². The maximum atomic E-state index is 12.3. The molecule has 0 amide bonds. The minimum atomic E-state index is -3.08. The molecule has 0 heterocycles. The van der Waals surface area contributed by atoms with Gasteiger partial charge in [-0.05, 0) is 52.3 Å². The summed E-state index contributed by atoms with van der Waals surface area (Å²) in [6.07, 6.45) is 0.199. The Balaban J connectivity index is 0.000000580. The van der Waals surface area contributed by atoms with E-state index in [2.05, 4.69) is 0 Å². The van der Waals surface area contributed by atoms with Crippen molar-refractivity contribution in [1.82, 2.24) is 0 Å². The minimum Gasteiger partial charge on any atom is -0.313 e. The summed E-state index contributed by atoms with van der Waals surface area (Å²) in [6, 6.07) is 9.02. The molecule has 0 aliphatic heterocycles. The lowest BCUT2D eigenvalue weighted by Crippen LogP contribution is -1.99. The summed E-state index contributed by atoms with van der Waals surface area (Å²) in [5, 5.41) is 8.79. The Labute approximate surface area is 164 Å². The highest BCUT2D eigenvalue weighted by atomic mass is 31.2. The van der Waals surface area contributed by atoms with Crippen LogP contribution in [0.15, 0.2) is 24.3 Å². The first-order valence-electron chi connectivity index (χ1n) is 9.04. The van der Waals surface area contributed by atoms with E-state index in [-0.39, 0.29) is 6.16 Å². The number of hydrogen-bond donors (Lipinski definition) is 0. The van der Waals surface area contributed by atoms with Crippen molar-refractivity contribution >= 4 is 16.2 Å². The van der Waals surface area contributed by atoms with Crippen LogP contribution in [-0.2, 0) is 33.3 Å². The van der Waals surface area contributed by atoms with Crippen molar-refractivity contribution in [3.8, 4) is 6.07 Å². The maximum Gasteiger partial charge on any atom is 0.335 e. The van der Waals surface area contributed by atoms with Crippen molar-refractivity contribution in [2.45, 2.75) is 40.8 Å². The van der Waals surface area contributed by atoms with Gasteiger partial charge in [0.05, 0.1) is 50.8 Å². The number of rotatable bonds is 12. The Morgan fingerprint density at radius 3 is 1.85 bits per heavy atom. The average Bonchev–Trinajstić information content (AvgIpc) is 2.63. The quantitative estimate of drug-likeness (QED) is 0.405. The number of hydrogen-bond acceptors (Lipinski definition) is 7. The van der Waals surface area contributed by atoms with E-state index in [1.165, 1.54) is 0 Å². The van der Waals surface area contributed by atoms with Gasteiger partial charge in [0.25, 0.3) is 0 Å². The summed E-state index contributed by atoms with van der Waals surface area (Å²) in [6.45, 7) is 11.9. The van der Waals surface area contributed by atoms with Gasteiger partial charge in [-0.15, -0.1) is 0 Å². The zero-order valence-electron chi connectivity index (χ0n) is 16.8. The van der Waals surface area contributed by atoms with Crippen LogP contribution in [0.1, 0.15) is 45.7 Å². The van der Waals surface area contributed by atoms with E-state index in [0.29, 0.717) is 38.6 Å². The van der Waals surface area contributed by atoms with E-state index in [4.69, 9.17) is 27.9 Å². The molecule has 0 saturated carbocycles. The minimum absolute atomic E-state index is 0.199. The van der Waals surface area contributed by atoms with Gasteiger partial charge in [0.15, 0.2) is 0 Å². The molecular weight excluding hydrogens is 388 g/mol. The molecule has 7 nitrogen and oxygen atoms in total. The molecule has 0 fully saturated rings. The topological polar surface area (TPSA) is 87.0 Å². The Hall–Kier alpha value is -0.830. The van der Waals surface area contributed by atoms with Crippen LogP contribution in [0.4, 0.5) is 0 Å². The summed E-state index contributed by atoms with van der Waals surface area (Å²) >= 11 is 0. The SMILES string of the molecule is CCOP(=O)(Cc1cccc(C#N)c1)OCC.CCOP(OCC)OCC. The van der Waals surface area contributed by atoms with Gasteiger partial charge in [-0.2, -0.15) is 5.26 Å². The van der Waals surface area contributed by atoms with Crippen molar-refractivity contribution in [3.05, 3.63) is 35.4 Å². The third kappa shape index (κ3) is 12.3. The molecule has 0 aliphatic rings. The van der Waals surface area contributed by atoms with E-state index >= 15 is 0 Å². The largest absolute Gasteiger partial charge is 0.335 e. The van der Waals surface area contributed by atoms with Gasteiger partial charge in [-0.25, -0.2) is 0 Å². The van der Waals surface area contributed by atoms with Crippen LogP contribution in [0, 0.1) is 11.3 Å². The lowest BCUT2D eigenvalue weighted by molar-refractivity contribution is 0.176. The third-order valence-corrected chi connectivity index (χ3v) is 6.25. The molecule has 0 atom stereocenters. The van der Waals surface area contributed by atoms with Gasteiger partial charge in [0.1, 0.15) is 0 Å². The van der Waals surface area contributed by atoms with Crippen molar-refractivity contribution in [3.63, 3.8) is 0 Å². The molecule has 0 spiro atoms. The van der Waals surface area contributed by atoms with Crippen LogP contribution in [0.2, 0.25) is 0 Å². The van der Waals surface area contributed by atoms with E-state index in [1.807, 2.05) is 32.9 Å². The second-order valence-corrected chi connectivity index (χ2v) is 8.17. The lowest BCUT2D eigenvalue weighted by Gasteiger charge is -2.16. The molecular formula is C18H31NO6P2. The fourth-order valence-corrected chi connectivity index (χ4v) is 4.46. The average molecular weight is 419 g/mol. The second kappa shape index (κ2) is 16.2. The Morgan fingerprint density at radius 1 is 0.926 bits per heavy atom. The summed E-state index contributed by atoms with van der Waals surface area (Å²) < 4.78 is 38.1. The van der Waals surface area contributed by atoms with Gasteiger partial charge in [-0.3, -0.25) is 4.57 Å². The fraction of sp³-hybridized carbons (Fsp3) is 0.611. The zero-order valence-corrected chi connectivity index (χ0v) is 18.6. The van der Waals surface area contributed by atoms with Crippen molar-refractivity contribution < 1.29 is 27.2 Å². The molecule has 0 saturated heterocycles. The van der Waals surface area contributed by atoms with Crippen molar-refractivity contribution in [1.29, 1.82) is 5.26 Å². The molecule has 0 aliphatic carbocycles. The van der Waals surface area contributed by atoms with E-state index in [9.17, 15) is 4.57 Å². The van der Waals surface area contributed by atoms with Crippen LogP contribution in [0.25, 0.3) is 0 Å². The van der Waals surface area contributed by atoms with Gasteiger partial charge in [0, 0.05) is 0 Å². The van der Waals surface area contributed by atoms with E-state index in [1.54, 1.807) is 32.0 Å². The first kappa shape index (κ1) is 26.2. The Kier molecular flexibility index (Phi) is 15.7. The summed E-state index contributed by atoms with van der Waals surface area (Å²) in [4.78, 5) is 0. The number of nitrogens with zero attached hydrogens (tertiary/aromatic N) is 1. The molecule has 9 heteroatoms. The molecule has 27 heavy (non-hydrogen) atoms. The van der Waals surface area contributed by atoms with Gasteiger partial charge in [0.2, 0.25) is 0 Å². The normalized spacial score (nSPS) is 11.0. The van der Waals surface area contributed by atoms with Gasteiger partial charge in [-0.1, -0.05) is 12.1 Å². The Morgan fingerprint density at radius 2 is 1.44 bits per heavy atom. The van der Waals surface area contributed by atoms with Crippen LogP contribution in [-0.4, -0.2) is 33.0 Å². The maximum absolute atomic E-state index is 12.3. The Bertz CT molecular complexity index is 569. The zero-order chi connectivity index (χ0) is 20.5. The molecule has 0 unspecified atom stereocenters. The summed E-state index contributed by atoms with van der Waals surface area (Å²) in [7, 11) is -4.14. The highest BCUT2D eigenvalue weighted by Gasteiger charge is 2.23. The van der Waals surface area contributed by atoms with Crippen LogP contribution >= 0.6 is 16.2 Å². The van der Waals surface area contributed by atoms with Gasteiger partial charge < -0.3 is 22.6 Å². The highest BCUT2D eigenvalue weighted by molar-refractivity contribution is 7.53. The highest BCUT2D eigenvalue weighted by Crippen LogP contribution is 2.51. The molecule has 1 rings (SSSR count). The third-order valence-electron chi connectivity index (χ3n) is 2.79. The predicted octanol–water partition coefficient (Wildman–Crippen LogP) is 5.65. The van der Waals surface area contributed by atoms with E-state index < -0.39 is 16.2 Å². The molecule has 0 radical (unpaired) electrons. The molecule has 0 bridgehead atoms. The predicted molar refractivity (Wildman–Crippen MR) is 108 cm³/mol. The summed E-state index contributed by atoms with van der Waals surface area (Å²) in [5.41, 5.74) is 1.33. The number of nitriles is 1. The van der Waals surface area contributed by atoms with Crippen molar-refractivity contribution in [2.75, 3.05) is 33.0 Å². The first-order valence-corrected chi connectivity index (χ1v) is 11.9. The monoisotopic (exact) mass is 419 g/mol. The van der Waals surface area contributed by atoms with Gasteiger partial charge >= 0.3 is 16.2 Å². The van der Waals surface area contributed by atoms with Crippen LogP contribution in [0.5, 0.6) is 0 Å². The summed E-state index contributed by atoms with van der Waals surface area (Å²) in [5.74, 6) is 0. The smallest absolute Gasteiger partial charge is 0.313 e. The molecule has 1 aromatic carbocycles.